The Labute approximate surface area is 189 Å². The zero-order chi connectivity index (χ0) is 22.3. The molecule has 158 valence electrons. The van der Waals surface area contributed by atoms with Crippen LogP contribution in [0.15, 0.2) is 96.6 Å². The highest BCUT2D eigenvalue weighted by Gasteiger charge is 2.78. The van der Waals surface area contributed by atoms with Crippen molar-refractivity contribution >= 4 is 11.6 Å². The monoisotopic (exact) mass is 418 g/mol. The third kappa shape index (κ3) is 1.89. The summed E-state index contributed by atoms with van der Waals surface area (Å²) in [5.41, 5.74) is 3.33. The molecule has 0 aliphatic heterocycles. The van der Waals surface area contributed by atoms with Crippen molar-refractivity contribution in [3.05, 3.63) is 119 Å². The van der Waals surface area contributed by atoms with Gasteiger partial charge in [0.25, 0.3) is 0 Å². The minimum atomic E-state index is -0.849. The van der Waals surface area contributed by atoms with Crippen molar-refractivity contribution in [2.45, 2.75) is 37.5 Å². The molecule has 4 bridgehead atoms. The molecule has 5 atom stereocenters. The molecule has 3 aliphatic carbocycles. The number of benzene rings is 3. The maximum Gasteiger partial charge on any atom is 0.160 e. The third-order valence-corrected chi connectivity index (χ3v) is 8.82. The molecule has 6 rings (SSSR count). The van der Waals surface area contributed by atoms with Gasteiger partial charge in [0.05, 0.1) is 11.3 Å². The van der Waals surface area contributed by atoms with Gasteiger partial charge in [-0.25, -0.2) is 0 Å². The average Bonchev–Trinajstić information content (AvgIpc) is 2.96. The Hall–Kier alpha value is -3.26. The molecule has 3 aromatic carbocycles. The van der Waals surface area contributed by atoms with Crippen LogP contribution in [-0.2, 0) is 20.4 Å². The van der Waals surface area contributed by atoms with E-state index in [9.17, 15) is 9.59 Å². The van der Waals surface area contributed by atoms with Crippen LogP contribution in [0, 0.1) is 11.3 Å². The van der Waals surface area contributed by atoms with Crippen LogP contribution in [0.5, 0.6) is 0 Å². The summed E-state index contributed by atoms with van der Waals surface area (Å²) in [6.07, 6.45) is 1.83. The normalized spacial score (nSPS) is 34.8. The number of fused-ring (bicyclic) bond motifs is 3. The lowest BCUT2D eigenvalue weighted by molar-refractivity contribution is -0.129. The maximum absolute atomic E-state index is 14.5. The molecule has 3 aromatic rings. The molecular formula is C30H26O2. The van der Waals surface area contributed by atoms with E-state index in [0.717, 1.165) is 22.3 Å². The molecule has 2 nitrogen and oxygen atoms in total. The van der Waals surface area contributed by atoms with E-state index in [1.807, 2.05) is 43.3 Å². The number of Topliss-reactive ketones (excluding diaryl/α,β-unsaturated/α-hetero) is 1. The second-order valence-corrected chi connectivity index (χ2v) is 10.0. The maximum atomic E-state index is 14.5. The Balaban J connectivity index is 1.84. The van der Waals surface area contributed by atoms with Crippen molar-refractivity contribution < 1.29 is 9.59 Å². The van der Waals surface area contributed by atoms with Crippen molar-refractivity contribution in [3.63, 3.8) is 0 Å². The standard InChI is InChI=1S/C30H26O2/c1-19-18-24(31)26-28(2)22-16-10-11-17-23(22)30(19,21-14-8-5-9-15-21)29(26,3)25(27(28)32)20-12-6-4-7-13-20/h4-18,25-26H,1-3H3/t25-,26-,28+,29-,30-/m0/s1. The van der Waals surface area contributed by atoms with Gasteiger partial charge in [-0.3, -0.25) is 9.59 Å². The van der Waals surface area contributed by atoms with E-state index in [-0.39, 0.29) is 17.5 Å². The Bertz CT molecular complexity index is 1300. The fourth-order valence-electron chi connectivity index (χ4n) is 7.90. The van der Waals surface area contributed by atoms with Crippen LogP contribution in [0.1, 0.15) is 48.9 Å². The van der Waals surface area contributed by atoms with Crippen LogP contribution in [0.2, 0.25) is 0 Å². The van der Waals surface area contributed by atoms with E-state index in [1.165, 1.54) is 5.56 Å². The van der Waals surface area contributed by atoms with E-state index >= 15 is 0 Å². The molecule has 0 radical (unpaired) electrons. The van der Waals surface area contributed by atoms with Crippen molar-refractivity contribution in [3.8, 4) is 0 Å². The number of rotatable bonds is 2. The summed E-state index contributed by atoms with van der Waals surface area (Å²) in [6, 6.07) is 28.9. The molecule has 3 aliphatic rings. The minimum absolute atomic E-state index is 0.0836. The van der Waals surface area contributed by atoms with Gasteiger partial charge >= 0.3 is 0 Å². The highest BCUT2D eigenvalue weighted by atomic mass is 16.1. The molecule has 0 saturated heterocycles. The van der Waals surface area contributed by atoms with E-state index < -0.39 is 22.2 Å². The van der Waals surface area contributed by atoms with Crippen LogP contribution >= 0.6 is 0 Å². The lowest BCUT2D eigenvalue weighted by Gasteiger charge is -2.60. The van der Waals surface area contributed by atoms with Gasteiger partial charge in [0, 0.05) is 16.7 Å². The van der Waals surface area contributed by atoms with E-state index in [4.69, 9.17) is 0 Å². The predicted octanol–water partition coefficient (Wildman–Crippen LogP) is 5.76. The molecule has 2 heteroatoms. The lowest BCUT2D eigenvalue weighted by Crippen LogP contribution is -2.61. The molecule has 0 aromatic heterocycles. The van der Waals surface area contributed by atoms with Crippen molar-refractivity contribution in [1.82, 2.24) is 0 Å². The number of carbonyl (C=O) groups is 2. The van der Waals surface area contributed by atoms with Gasteiger partial charge < -0.3 is 0 Å². The summed E-state index contributed by atoms with van der Waals surface area (Å²) < 4.78 is 0. The summed E-state index contributed by atoms with van der Waals surface area (Å²) in [4.78, 5) is 28.2. The Kier molecular flexibility index (Phi) is 3.74. The topological polar surface area (TPSA) is 34.1 Å². The quantitative estimate of drug-likeness (QED) is 0.530. The van der Waals surface area contributed by atoms with Crippen LogP contribution in [-0.4, -0.2) is 11.6 Å². The van der Waals surface area contributed by atoms with Crippen molar-refractivity contribution in [2.24, 2.45) is 11.3 Å². The number of hydrogen-bond donors (Lipinski definition) is 0. The predicted molar refractivity (Wildman–Crippen MR) is 126 cm³/mol. The van der Waals surface area contributed by atoms with E-state index in [0.29, 0.717) is 0 Å². The molecule has 1 saturated carbocycles. The molecule has 0 N–H and O–H groups in total. The van der Waals surface area contributed by atoms with Crippen molar-refractivity contribution in [1.29, 1.82) is 0 Å². The summed E-state index contributed by atoms with van der Waals surface area (Å²) in [6.45, 7) is 6.30. The Morgan fingerprint density at radius 2 is 1.28 bits per heavy atom. The summed E-state index contributed by atoms with van der Waals surface area (Å²) in [7, 11) is 0. The zero-order valence-corrected chi connectivity index (χ0v) is 18.6. The zero-order valence-electron chi connectivity index (χ0n) is 18.6. The number of hydrogen-bond acceptors (Lipinski definition) is 2. The van der Waals surface area contributed by atoms with Crippen LogP contribution < -0.4 is 0 Å². The third-order valence-electron chi connectivity index (χ3n) is 8.82. The first kappa shape index (κ1) is 19.4. The fraction of sp³-hybridized carbons (Fsp3) is 0.267. The summed E-state index contributed by atoms with van der Waals surface area (Å²) in [5.74, 6) is -0.538. The second kappa shape index (κ2) is 6.16. The summed E-state index contributed by atoms with van der Waals surface area (Å²) >= 11 is 0. The van der Waals surface area contributed by atoms with Gasteiger partial charge in [0.2, 0.25) is 0 Å². The molecule has 0 amide bonds. The van der Waals surface area contributed by atoms with Gasteiger partial charge in [-0.15, -0.1) is 0 Å². The van der Waals surface area contributed by atoms with Crippen LogP contribution in [0.3, 0.4) is 0 Å². The van der Waals surface area contributed by atoms with E-state index in [1.54, 1.807) is 0 Å². The van der Waals surface area contributed by atoms with Gasteiger partial charge in [0.15, 0.2) is 11.6 Å². The number of allylic oxidation sites excluding steroid dienone is 2. The molecular weight excluding hydrogens is 392 g/mol. The smallest absolute Gasteiger partial charge is 0.160 e. The minimum Gasteiger partial charge on any atom is -0.298 e. The molecule has 1 fully saturated rings. The van der Waals surface area contributed by atoms with Crippen LogP contribution in [0.25, 0.3) is 0 Å². The first-order chi connectivity index (χ1) is 15.4. The first-order valence-corrected chi connectivity index (χ1v) is 11.4. The number of carbonyl (C=O) groups excluding carboxylic acids is 2. The largest absolute Gasteiger partial charge is 0.298 e. The Morgan fingerprint density at radius 1 is 0.719 bits per heavy atom. The molecule has 0 heterocycles. The van der Waals surface area contributed by atoms with E-state index in [2.05, 4.69) is 68.4 Å². The van der Waals surface area contributed by atoms with Crippen LogP contribution in [0.4, 0.5) is 0 Å². The second-order valence-electron chi connectivity index (χ2n) is 10.0. The van der Waals surface area contributed by atoms with Gasteiger partial charge in [-0.1, -0.05) is 97.4 Å². The van der Waals surface area contributed by atoms with Gasteiger partial charge in [0.1, 0.15) is 0 Å². The van der Waals surface area contributed by atoms with Gasteiger partial charge in [-0.2, -0.15) is 0 Å². The SMILES string of the molecule is CC1=CC(=O)[C@@H]2[C@]3(C)[C@@H](c4ccccc4)C(=O)[C@]2(C)c2ccccc2[C@@]13c1ccccc1. The molecule has 0 unspecified atom stereocenters. The number of ketones is 2. The molecule has 32 heavy (non-hydrogen) atoms. The van der Waals surface area contributed by atoms with Gasteiger partial charge in [-0.05, 0) is 42.2 Å². The highest BCUT2D eigenvalue weighted by Crippen LogP contribution is 2.75. The fourth-order valence-corrected chi connectivity index (χ4v) is 7.90. The highest BCUT2D eigenvalue weighted by molar-refractivity contribution is 6.11. The molecule has 0 spiro atoms. The Morgan fingerprint density at radius 3 is 1.94 bits per heavy atom. The summed E-state index contributed by atoms with van der Waals surface area (Å²) in [5, 5.41) is 0. The van der Waals surface area contributed by atoms with Crippen molar-refractivity contribution in [2.75, 3.05) is 0 Å². The lowest BCUT2D eigenvalue weighted by atomic mass is 9.40. The first-order valence-electron chi connectivity index (χ1n) is 11.4. The average molecular weight is 419 g/mol.